The van der Waals surface area contributed by atoms with Gasteiger partial charge in [0, 0.05) is 0 Å². The van der Waals surface area contributed by atoms with Gasteiger partial charge in [0.2, 0.25) is 0 Å². The third-order valence-electron chi connectivity index (χ3n) is 2.80. The number of rotatable bonds is 6. The Morgan fingerprint density at radius 3 is 1.08 bits per heavy atom. The molecule has 0 radical (unpaired) electrons. The fourth-order valence-corrected chi connectivity index (χ4v) is 3.70. The van der Waals surface area contributed by atoms with E-state index in [4.69, 9.17) is 29.4 Å². The summed E-state index contributed by atoms with van der Waals surface area (Å²) in [7, 11) is -16.2. The Balaban J connectivity index is 3.23. The van der Waals surface area contributed by atoms with Crippen LogP contribution in [0.5, 0.6) is 0 Å². The maximum atomic E-state index is 10.9. The number of hydrogen-bond acceptors (Lipinski definition) is 9. The molecule has 0 spiro atoms. The van der Waals surface area contributed by atoms with Gasteiger partial charge in [0.05, 0.1) is 0 Å². The van der Waals surface area contributed by atoms with Crippen LogP contribution in [0.3, 0.4) is 0 Å². The van der Waals surface area contributed by atoms with E-state index in [1.54, 1.807) is 0 Å². The molecule has 24 heavy (non-hydrogen) atoms. The van der Waals surface area contributed by atoms with E-state index < -0.39 is 60.1 Å². The zero-order chi connectivity index (χ0) is 19.1. The zero-order valence-electron chi connectivity index (χ0n) is 11.3. The fourth-order valence-electron chi connectivity index (χ4n) is 2.01. The number of phosphoric acid groups is 3. The number of hydrogen-bond donors (Lipinski definition) is 9. The van der Waals surface area contributed by atoms with Gasteiger partial charge in [-0.1, -0.05) is 0 Å². The third kappa shape index (κ3) is 6.50. The van der Waals surface area contributed by atoms with Crippen LogP contribution >= 0.6 is 23.5 Å². The monoisotopic (exact) mass is 420 g/mol. The normalized spacial score (nSPS) is 35.9. The van der Waals surface area contributed by atoms with Crippen LogP contribution in [0.25, 0.3) is 0 Å². The van der Waals surface area contributed by atoms with Crippen LogP contribution in [0.1, 0.15) is 0 Å². The fraction of sp³-hybridized carbons (Fsp3) is 1.00. The van der Waals surface area contributed by atoms with Gasteiger partial charge in [0.1, 0.15) is 36.6 Å². The highest BCUT2D eigenvalue weighted by atomic mass is 31.2. The Bertz CT molecular complexity index is 574. The molecule has 18 heteroatoms. The molecule has 0 aromatic heterocycles. The van der Waals surface area contributed by atoms with Gasteiger partial charge in [-0.15, -0.1) is 0 Å². The summed E-state index contributed by atoms with van der Waals surface area (Å²) in [6.45, 7) is 0. The van der Waals surface area contributed by atoms with E-state index in [-0.39, 0.29) is 0 Å². The van der Waals surface area contributed by atoms with E-state index in [1.807, 2.05) is 0 Å². The molecule has 15 nitrogen and oxygen atoms in total. The lowest BCUT2D eigenvalue weighted by Crippen LogP contribution is -2.65. The van der Waals surface area contributed by atoms with E-state index in [2.05, 4.69) is 13.6 Å². The average Bonchev–Trinajstić information content (AvgIpc) is 2.32. The highest BCUT2D eigenvalue weighted by Crippen LogP contribution is 2.49. The molecule has 0 saturated heterocycles. The predicted molar refractivity (Wildman–Crippen MR) is 68.8 cm³/mol. The smallest absolute Gasteiger partial charge is 0.387 e. The summed E-state index contributed by atoms with van der Waals surface area (Å²) in [5, 5.41) is 29.3. The van der Waals surface area contributed by atoms with Crippen molar-refractivity contribution in [3.63, 3.8) is 0 Å². The number of phosphoric ester groups is 3. The molecule has 1 aliphatic rings. The van der Waals surface area contributed by atoms with Crippen molar-refractivity contribution < 1.29 is 71.9 Å². The molecule has 144 valence electrons. The van der Waals surface area contributed by atoms with Gasteiger partial charge in [-0.05, 0) is 0 Å². The largest absolute Gasteiger partial charge is 0.470 e. The van der Waals surface area contributed by atoms with Gasteiger partial charge in [-0.3, -0.25) is 13.6 Å². The minimum Gasteiger partial charge on any atom is -0.387 e. The third-order valence-corrected chi connectivity index (χ3v) is 4.35. The number of aliphatic hydroxyl groups excluding tert-OH is 3. The van der Waals surface area contributed by atoms with Crippen LogP contribution < -0.4 is 0 Å². The molecular formula is C6H15O15P3. The van der Waals surface area contributed by atoms with Crippen molar-refractivity contribution in [1.82, 2.24) is 0 Å². The van der Waals surface area contributed by atoms with Crippen molar-refractivity contribution in [1.29, 1.82) is 0 Å². The van der Waals surface area contributed by atoms with Crippen LogP contribution in [0.15, 0.2) is 0 Å². The van der Waals surface area contributed by atoms with E-state index in [9.17, 15) is 29.0 Å². The summed E-state index contributed by atoms with van der Waals surface area (Å²) < 4.78 is 44.7. The van der Waals surface area contributed by atoms with Crippen molar-refractivity contribution in [3.8, 4) is 0 Å². The maximum absolute atomic E-state index is 10.9. The lowest BCUT2D eigenvalue weighted by atomic mass is 9.85. The Labute approximate surface area is 133 Å². The van der Waals surface area contributed by atoms with E-state index in [1.165, 1.54) is 0 Å². The van der Waals surface area contributed by atoms with Crippen LogP contribution in [0, 0.1) is 0 Å². The second kappa shape index (κ2) is 7.45. The molecule has 1 fully saturated rings. The second-order valence-corrected chi connectivity index (χ2v) is 8.23. The molecular weight excluding hydrogens is 405 g/mol. The van der Waals surface area contributed by atoms with Gasteiger partial charge in [0.25, 0.3) is 0 Å². The SMILES string of the molecule is O=P(O)(O)OC1C(O)C(O)[C@H](OP(=O)(O)O)C(O)[C@@H]1OP(=O)(O)O. The molecule has 0 aromatic carbocycles. The molecule has 4 unspecified atom stereocenters. The topological polar surface area (TPSA) is 261 Å². The molecule has 1 saturated carbocycles. The van der Waals surface area contributed by atoms with Gasteiger partial charge in [-0.25, -0.2) is 13.7 Å². The van der Waals surface area contributed by atoms with Crippen LogP contribution in [-0.2, 0) is 27.3 Å². The lowest BCUT2D eigenvalue weighted by Gasteiger charge is -2.44. The Kier molecular flexibility index (Phi) is 6.90. The Hall–Kier alpha value is 0.210. The zero-order valence-corrected chi connectivity index (χ0v) is 14.0. The van der Waals surface area contributed by atoms with Crippen molar-refractivity contribution in [2.24, 2.45) is 0 Å². The maximum Gasteiger partial charge on any atom is 0.470 e. The van der Waals surface area contributed by atoms with Gasteiger partial charge in [-0.2, -0.15) is 0 Å². The van der Waals surface area contributed by atoms with Gasteiger partial charge >= 0.3 is 23.5 Å². The molecule has 6 atom stereocenters. The standard InChI is InChI=1S/C6H15O15P3/c7-1-2(8)5(20-23(13,14)15)6(21-24(16,17)18)3(9)4(1)19-22(10,11)12/h1-9H,(H2,10,11,12)(H2,13,14,15)(H2,16,17,18)/t1?,2?,3?,4-,5?,6-/m0/s1. The summed E-state index contributed by atoms with van der Waals surface area (Å²) in [6.07, 6.45) is -14.3. The molecule has 0 amide bonds. The van der Waals surface area contributed by atoms with E-state index in [0.717, 1.165) is 0 Å². The van der Waals surface area contributed by atoms with Crippen LogP contribution in [-0.4, -0.2) is 81.3 Å². The second-order valence-electron chi connectivity index (χ2n) is 4.65. The predicted octanol–water partition coefficient (Wildman–Crippen LogP) is -3.48. The summed E-state index contributed by atoms with van der Waals surface area (Å²) >= 11 is 0. The molecule has 9 N–H and O–H groups in total. The first-order valence-electron chi connectivity index (χ1n) is 5.78. The summed E-state index contributed by atoms with van der Waals surface area (Å²) in [6, 6.07) is 0. The summed E-state index contributed by atoms with van der Waals surface area (Å²) in [4.78, 5) is 52.4. The van der Waals surface area contributed by atoms with Crippen molar-refractivity contribution >= 4 is 23.5 Å². The molecule has 1 aliphatic carbocycles. The molecule has 0 heterocycles. The first kappa shape index (κ1) is 22.3. The van der Waals surface area contributed by atoms with Crippen molar-refractivity contribution in [2.75, 3.05) is 0 Å². The highest BCUT2D eigenvalue weighted by Gasteiger charge is 2.56. The van der Waals surface area contributed by atoms with Gasteiger partial charge < -0.3 is 44.7 Å². The van der Waals surface area contributed by atoms with E-state index >= 15 is 0 Å². The average molecular weight is 420 g/mol. The van der Waals surface area contributed by atoms with Crippen molar-refractivity contribution in [3.05, 3.63) is 0 Å². The van der Waals surface area contributed by atoms with Crippen LogP contribution in [0.2, 0.25) is 0 Å². The molecule has 0 aromatic rings. The minimum atomic E-state index is -5.43. The van der Waals surface area contributed by atoms with Gasteiger partial charge in [0.15, 0.2) is 0 Å². The Morgan fingerprint density at radius 1 is 0.500 bits per heavy atom. The summed E-state index contributed by atoms with van der Waals surface area (Å²) in [5.41, 5.74) is 0. The molecule has 1 rings (SSSR count). The molecule has 0 aliphatic heterocycles. The van der Waals surface area contributed by atoms with Crippen LogP contribution in [0.4, 0.5) is 0 Å². The molecule has 0 bridgehead atoms. The first-order valence-corrected chi connectivity index (χ1v) is 10.4. The Morgan fingerprint density at radius 2 is 0.750 bits per heavy atom. The first-order chi connectivity index (χ1) is 10.5. The quantitative estimate of drug-likeness (QED) is 0.189. The lowest BCUT2D eigenvalue weighted by molar-refractivity contribution is -0.212. The number of aliphatic hydroxyl groups is 3. The van der Waals surface area contributed by atoms with E-state index in [0.29, 0.717) is 0 Å². The van der Waals surface area contributed by atoms with Crippen molar-refractivity contribution in [2.45, 2.75) is 36.6 Å². The minimum absolute atomic E-state index is 2.32. The summed E-state index contributed by atoms with van der Waals surface area (Å²) in [5.74, 6) is 0. The highest BCUT2D eigenvalue weighted by molar-refractivity contribution is 7.46.